The van der Waals surface area contributed by atoms with Gasteiger partial charge in [-0.25, -0.2) is 4.98 Å². The SMILES string of the molecule is CCn1cncc1C1C(N)CCCCN1C(C)C. The van der Waals surface area contributed by atoms with Crippen LogP contribution in [-0.2, 0) is 6.54 Å². The Kier molecular flexibility index (Phi) is 4.40. The topological polar surface area (TPSA) is 47.1 Å². The highest BCUT2D eigenvalue weighted by molar-refractivity contribution is 5.10. The fourth-order valence-corrected chi connectivity index (χ4v) is 3.03. The predicted molar refractivity (Wildman–Crippen MR) is 74.3 cm³/mol. The summed E-state index contributed by atoms with van der Waals surface area (Å²) in [5.41, 5.74) is 7.72. The van der Waals surface area contributed by atoms with Gasteiger partial charge in [0.1, 0.15) is 0 Å². The average molecular weight is 250 g/mol. The van der Waals surface area contributed by atoms with Crippen molar-refractivity contribution in [1.82, 2.24) is 14.5 Å². The maximum atomic E-state index is 6.44. The number of nitrogens with zero attached hydrogens (tertiary/aromatic N) is 3. The van der Waals surface area contributed by atoms with Gasteiger partial charge in [0.25, 0.3) is 0 Å². The molecule has 2 rings (SSSR count). The minimum atomic E-state index is 0.219. The molecule has 0 amide bonds. The van der Waals surface area contributed by atoms with Gasteiger partial charge in [0.15, 0.2) is 0 Å². The molecule has 0 saturated carbocycles. The van der Waals surface area contributed by atoms with Crippen LogP contribution in [0.4, 0.5) is 0 Å². The second-order valence-electron chi connectivity index (χ2n) is 5.54. The predicted octanol–water partition coefficient (Wildman–Crippen LogP) is 2.17. The van der Waals surface area contributed by atoms with Gasteiger partial charge in [-0.05, 0) is 40.2 Å². The van der Waals surface area contributed by atoms with E-state index in [0.717, 1.165) is 19.5 Å². The lowest BCUT2D eigenvalue weighted by Gasteiger charge is -2.36. The second-order valence-corrected chi connectivity index (χ2v) is 5.54. The first-order valence-corrected chi connectivity index (χ1v) is 7.16. The molecule has 2 heterocycles. The van der Waals surface area contributed by atoms with Crippen molar-refractivity contribution < 1.29 is 0 Å². The fourth-order valence-electron chi connectivity index (χ4n) is 3.03. The van der Waals surface area contributed by atoms with Crippen LogP contribution in [0.5, 0.6) is 0 Å². The Balaban J connectivity index is 2.34. The van der Waals surface area contributed by atoms with Gasteiger partial charge >= 0.3 is 0 Å². The van der Waals surface area contributed by atoms with E-state index in [0.29, 0.717) is 12.1 Å². The van der Waals surface area contributed by atoms with Crippen LogP contribution in [0.25, 0.3) is 0 Å². The van der Waals surface area contributed by atoms with Crippen LogP contribution >= 0.6 is 0 Å². The van der Waals surface area contributed by atoms with Crippen LogP contribution in [0.1, 0.15) is 51.8 Å². The lowest BCUT2D eigenvalue weighted by atomic mass is 10.0. The van der Waals surface area contributed by atoms with Crippen molar-refractivity contribution in [1.29, 1.82) is 0 Å². The Morgan fingerprint density at radius 2 is 2.22 bits per heavy atom. The third kappa shape index (κ3) is 2.59. The third-order valence-electron chi connectivity index (χ3n) is 4.02. The van der Waals surface area contributed by atoms with E-state index < -0.39 is 0 Å². The summed E-state index contributed by atoms with van der Waals surface area (Å²) in [4.78, 5) is 6.85. The number of hydrogen-bond donors (Lipinski definition) is 1. The molecule has 0 aromatic carbocycles. The Labute approximate surface area is 110 Å². The van der Waals surface area contributed by atoms with Gasteiger partial charge in [0, 0.05) is 24.8 Å². The van der Waals surface area contributed by atoms with E-state index in [9.17, 15) is 0 Å². The molecule has 1 fully saturated rings. The minimum absolute atomic E-state index is 0.219. The molecule has 1 aliphatic heterocycles. The normalized spacial score (nSPS) is 26.5. The van der Waals surface area contributed by atoms with Crippen molar-refractivity contribution in [2.24, 2.45) is 5.73 Å². The molecule has 2 atom stereocenters. The highest BCUT2D eigenvalue weighted by Crippen LogP contribution is 2.30. The van der Waals surface area contributed by atoms with E-state index in [-0.39, 0.29) is 6.04 Å². The van der Waals surface area contributed by atoms with Crippen molar-refractivity contribution in [2.75, 3.05) is 6.54 Å². The Bertz CT molecular complexity index is 372. The summed E-state index contributed by atoms with van der Waals surface area (Å²) in [6.07, 6.45) is 7.52. The van der Waals surface area contributed by atoms with Crippen molar-refractivity contribution in [3.05, 3.63) is 18.2 Å². The number of likely N-dealkylation sites (tertiary alicyclic amines) is 1. The Morgan fingerprint density at radius 3 is 2.89 bits per heavy atom. The first-order valence-electron chi connectivity index (χ1n) is 7.16. The van der Waals surface area contributed by atoms with E-state index in [1.54, 1.807) is 0 Å². The van der Waals surface area contributed by atoms with Gasteiger partial charge in [-0.3, -0.25) is 4.90 Å². The molecule has 2 unspecified atom stereocenters. The Hall–Kier alpha value is -0.870. The van der Waals surface area contributed by atoms with Gasteiger partial charge in [0.05, 0.1) is 18.1 Å². The summed E-state index contributed by atoms with van der Waals surface area (Å²) in [7, 11) is 0. The second kappa shape index (κ2) is 5.85. The first-order chi connectivity index (χ1) is 8.65. The maximum Gasteiger partial charge on any atom is 0.0948 e. The molecule has 4 heteroatoms. The number of nitrogens with two attached hydrogens (primary N) is 1. The molecule has 2 N–H and O–H groups in total. The molecule has 18 heavy (non-hydrogen) atoms. The van der Waals surface area contributed by atoms with Crippen molar-refractivity contribution in [3.8, 4) is 0 Å². The first kappa shape index (κ1) is 13.6. The smallest absolute Gasteiger partial charge is 0.0948 e. The molecular weight excluding hydrogens is 224 g/mol. The number of hydrogen-bond acceptors (Lipinski definition) is 3. The summed E-state index contributed by atoms with van der Waals surface area (Å²) in [6, 6.07) is 1.06. The molecule has 4 nitrogen and oxygen atoms in total. The number of aromatic nitrogens is 2. The summed E-state index contributed by atoms with van der Waals surface area (Å²) in [5, 5.41) is 0. The summed E-state index contributed by atoms with van der Waals surface area (Å²) in [6.45, 7) is 8.79. The van der Waals surface area contributed by atoms with E-state index in [1.807, 2.05) is 12.5 Å². The fraction of sp³-hybridized carbons (Fsp3) is 0.786. The van der Waals surface area contributed by atoms with Gasteiger partial charge in [0.2, 0.25) is 0 Å². The van der Waals surface area contributed by atoms with Crippen LogP contribution in [-0.4, -0.2) is 33.1 Å². The van der Waals surface area contributed by atoms with Gasteiger partial charge in [-0.2, -0.15) is 0 Å². The van der Waals surface area contributed by atoms with Crippen LogP contribution < -0.4 is 5.73 Å². The molecule has 102 valence electrons. The molecule has 0 bridgehead atoms. The van der Waals surface area contributed by atoms with Crippen molar-refractivity contribution >= 4 is 0 Å². The van der Waals surface area contributed by atoms with E-state index >= 15 is 0 Å². The van der Waals surface area contributed by atoms with Gasteiger partial charge in [-0.15, -0.1) is 0 Å². The quantitative estimate of drug-likeness (QED) is 0.894. The zero-order valence-corrected chi connectivity index (χ0v) is 11.8. The van der Waals surface area contributed by atoms with Gasteiger partial charge in [-0.1, -0.05) is 6.42 Å². The molecule has 1 aliphatic rings. The summed E-state index contributed by atoms with van der Waals surface area (Å²) < 4.78 is 2.23. The van der Waals surface area contributed by atoms with Crippen LogP contribution in [0.15, 0.2) is 12.5 Å². The van der Waals surface area contributed by atoms with Crippen molar-refractivity contribution in [3.63, 3.8) is 0 Å². The Morgan fingerprint density at radius 1 is 1.44 bits per heavy atom. The number of aryl methyl sites for hydroxylation is 1. The molecule has 0 aliphatic carbocycles. The monoisotopic (exact) mass is 250 g/mol. The van der Waals surface area contributed by atoms with E-state index in [2.05, 4.69) is 35.2 Å². The third-order valence-corrected chi connectivity index (χ3v) is 4.02. The minimum Gasteiger partial charge on any atom is -0.333 e. The molecular formula is C14H26N4. The highest BCUT2D eigenvalue weighted by atomic mass is 15.2. The van der Waals surface area contributed by atoms with E-state index in [1.165, 1.54) is 18.5 Å². The molecule has 0 spiro atoms. The van der Waals surface area contributed by atoms with Crippen LogP contribution in [0, 0.1) is 0 Å². The maximum absolute atomic E-state index is 6.44. The molecule has 1 saturated heterocycles. The average Bonchev–Trinajstić information content (AvgIpc) is 2.72. The lowest BCUT2D eigenvalue weighted by molar-refractivity contribution is 0.138. The largest absolute Gasteiger partial charge is 0.333 e. The summed E-state index contributed by atoms with van der Waals surface area (Å²) in [5.74, 6) is 0. The van der Waals surface area contributed by atoms with Crippen molar-refractivity contribution in [2.45, 2.75) is 64.7 Å². The number of imidazole rings is 1. The highest BCUT2D eigenvalue weighted by Gasteiger charge is 2.32. The van der Waals surface area contributed by atoms with E-state index in [4.69, 9.17) is 5.73 Å². The zero-order chi connectivity index (χ0) is 13.1. The summed E-state index contributed by atoms with van der Waals surface area (Å²) >= 11 is 0. The standard InChI is InChI=1S/C14H26N4/c1-4-17-10-16-9-13(17)14-12(15)7-5-6-8-18(14)11(2)3/h9-12,14H,4-8,15H2,1-3H3. The molecule has 1 aromatic rings. The number of rotatable bonds is 3. The lowest BCUT2D eigenvalue weighted by Crippen LogP contribution is -2.44. The van der Waals surface area contributed by atoms with Crippen LogP contribution in [0.2, 0.25) is 0 Å². The zero-order valence-electron chi connectivity index (χ0n) is 11.8. The van der Waals surface area contributed by atoms with Gasteiger partial charge < -0.3 is 10.3 Å². The molecule has 0 radical (unpaired) electrons. The van der Waals surface area contributed by atoms with Crippen LogP contribution in [0.3, 0.4) is 0 Å². The molecule has 1 aromatic heterocycles.